The van der Waals surface area contributed by atoms with Gasteiger partial charge in [-0.25, -0.2) is 0 Å². The summed E-state index contributed by atoms with van der Waals surface area (Å²) in [5, 5.41) is 0. The zero-order chi connectivity index (χ0) is 12.0. The number of aryl methyl sites for hydroxylation is 2. The molecule has 2 nitrogen and oxygen atoms in total. The minimum absolute atomic E-state index is 0.663. The minimum Gasteiger partial charge on any atom is -0.492 e. The Balaban J connectivity index is 2.46. The molecule has 0 saturated heterocycles. The monoisotopic (exact) mass is 217 g/mol. The molecule has 0 aliphatic carbocycles. The van der Waals surface area contributed by atoms with E-state index in [-0.39, 0.29) is 0 Å². The largest absolute Gasteiger partial charge is 0.492 e. The fraction of sp³-hybridized carbons (Fsp3) is 0.429. The summed E-state index contributed by atoms with van der Waals surface area (Å²) in [4.78, 5) is 2.06. The molecule has 0 atom stereocenters. The summed E-state index contributed by atoms with van der Waals surface area (Å²) in [6, 6.07) is 6.17. The predicted molar refractivity (Wildman–Crippen MR) is 67.7 cm³/mol. The summed E-state index contributed by atoms with van der Waals surface area (Å²) in [7, 11) is 1.99. The molecule has 0 spiro atoms. The van der Waals surface area contributed by atoms with E-state index in [0.29, 0.717) is 13.2 Å². The molecule has 0 aliphatic rings. The van der Waals surface area contributed by atoms with Crippen LogP contribution in [0, 0.1) is 26.2 Å². The fourth-order valence-corrected chi connectivity index (χ4v) is 1.57. The highest BCUT2D eigenvalue weighted by Gasteiger charge is 2.03. The van der Waals surface area contributed by atoms with Gasteiger partial charge in [-0.15, -0.1) is 6.42 Å². The average molecular weight is 217 g/mol. The zero-order valence-electron chi connectivity index (χ0n) is 10.3. The Bertz CT molecular complexity index is 359. The van der Waals surface area contributed by atoms with Gasteiger partial charge in [-0.05, 0) is 32.0 Å². The van der Waals surface area contributed by atoms with Crippen molar-refractivity contribution in [2.24, 2.45) is 0 Å². The smallest absolute Gasteiger partial charge is 0.125 e. The highest BCUT2D eigenvalue weighted by molar-refractivity contribution is 5.39. The topological polar surface area (TPSA) is 12.5 Å². The van der Waals surface area contributed by atoms with Crippen LogP contribution in [-0.4, -0.2) is 31.6 Å². The third kappa shape index (κ3) is 3.60. The van der Waals surface area contributed by atoms with Crippen LogP contribution in [0.2, 0.25) is 0 Å². The molecule has 0 aromatic heterocycles. The molecule has 86 valence electrons. The lowest BCUT2D eigenvalue weighted by Crippen LogP contribution is -2.24. The normalized spacial score (nSPS) is 10.2. The lowest BCUT2D eigenvalue weighted by Gasteiger charge is -2.16. The SMILES string of the molecule is C#CCN(C)CCOc1c(C)cccc1C. The van der Waals surface area contributed by atoms with Gasteiger partial charge in [-0.3, -0.25) is 4.90 Å². The third-order valence-corrected chi connectivity index (χ3v) is 2.49. The molecule has 1 aromatic rings. The molecule has 0 aliphatic heterocycles. The maximum Gasteiger partial charge on any atom is 0.125 e. The Kier molecular flexibility index (Phi) is 4.88. The second-order valence-corrected chi connectivity index (χ2v) is 4.01. The second kappa shape index (κ2) is 6.19. The Morgan fingerprint density at radius 1 is 1.31 bits per heavy atom. The molecular weight excluding hydrogens is 198 g/mol. The van der Waals surface area contributed by atoms with Crippen LogP contribution in [0.4, 0.5) is 0 Å². The Hall–Kier alpha value is -1.46. The van der Waals surface area contributed by atoms with Gasteiger partial charge in [0.2, 0.25) is 0 Å². The molecule has 0 fully saturated rings. The number of hydrogen-bond donors (Lipinski definition) is 0. The molecule has 0 saturated carbocycles. The molecule has 1 rings (SSSR count). The molecule has 0 bridgehead atoms. The van der Waals surface area contributed by atoms with Crippen molar-refractivity contribution in [3.8, 4) is 18.1 Å². The molecular formula is C14H19NO. The third-order valence-electron chi connectivity index (χ3n) is 2.49. The maximum absolute atomic E-state index is 5.77. The van der Waals surface area contributed by atoms with Crippen LogP contribution < -0.4 is 4.74 Å². The summed E-state index contributed by atoms with van der Waals surface area (Å²) >= 11 is 0. The van der Waals surface area contributed by atoms with Gasteiger partial charge in [0.1, 0.15) is 12.4 Å². The van der Waals surface area contributed by atoms with Gasteiger partial charge < -0.3 is 4.74 Å². The van der Waals surface area contributed by atoms with Crippen LogP contribution in [-0.2, 0) is 0 Å². The molecule has 0 amide bonds. The van der Waals surface area contributed by atoms with Crippen molar-refractivity contribution >= 4 is 0 Å². The van der Waals surface area contributed by atoms with E-state index in [1.54, 1.807) is 0 Å². The Morgan fingerprint density at radius 2 is 1.94 bits per heavy atom. The number of hydrogen-bond acceptors (Lipinski definition) is 2. The van der Waals surface area contributed by atoms with Gasteiger partial charge in [-0.2, -0.15) is 0 Å². The van der Waals surface area contributed by atoms with Crippen molar-refractivity contribution in [3.63, 3.8) is 0 Å². The highest BCUT2D eigenvalue weighted by Crippen LogP contribution is 2.21. The lowest BCUT2D eigenvalue weighted by molar-refractivity contribution is 0.249. The van der Waals surface area contributed by atoms with Crippen molar-refractivity contribution in [2.45, 2.75) is 13.8 Å². The van der Waals surface area contributed by atoms with Crippen LogP contribution >= 0.6 is 0 Å². The Morgan fingerprint density at radius 3 is 2.50 bits per heavy atom. The molecule has 1 aromatic carbocycles. The van der Waals surface area contributed by atoms with Crippen molar-refractivity contribution in [1.29, 1.82) is 0 Å². The van der Waals surface area contributed by atoms with Crippen molar-refractivity contribution in [1.82, 2.24) is 4.90 Å². The van der Waals surface area contributed by atoms with Gasteiger partial charge >= 0.3 is 0 Å². The van der Waals surface area contributed by atoms with E-state index in [2.05, 4.69) is 36.8 Å². The fourth-order valence-electron chi connectivity index (χ4n) is 1.57. The predicted octanol–water partition coefficient (Wildman–Crippen LogP) is 2.25. The first-order valence-corrected chi connectivity index (χ1v) is 5.46. The molecule has 0 N–H and O–H groups in total. The summed E-state index contributed by atoms with van der Waals surface area (Å²) in [6.45, 7) is 6.30. The number of terminal acetylenes is 1. The van der Waals surface area contributed by atoms with Crippen molar-refractivity contribution < 1.29 is 4.74 Å². The number of benzene rings is 1. The van der Waals surface area contributed by atoms with E-state index in [1.165, 1.54) is 11.1 Å². The Labute approximate surface area is 98.2 Å². The summed E-state index contributed by atoms with van der Waals surface area (Å²) in [5.74, 6) is 3.61. The van der Waals surface area contributed by atoms with E-state index >= 15 is 0 Å². The van der Waals surface area contributed by atoms with E-state index < -0.39 is 0 Å². The molecule has 16 heavy (non-hydrogen) atoms. The maximum atomic E-state index is 5.77. The first-order chi connectivity index (χ1) is 7.65. The average Bonchev–Trinajstić information content (AvgIpc) is 2.23. The van der Waals surface area contributed by atoms with Gasteiger partial charge in [0.15, 0.2) is 0 Å². The van der Waals surface area contributed by atoms with Crippen LogP contribution in [0.15, 0.2) is 18.2 Å². The standard InChI is InChI=1S/C14H19NO/c1-5-9-15(4)10-11-16-14-12(2)7-6-8-13(14)3/h1,6-8H,9-11H2,2-4H3. The van der Waals surface area contributed by atoms with E-state index in [4.69, 9.17) is 11.2 Å². The zero-order valence-corrected chi connectivity index (χ0v) is 10.3. The summed E-state index contributed by atoms with van der Waals surface area (Å²) in [5.41, 5.74) is 2.36. The van der Waals surface area contributed by atoms with Crippen LogP contribution in [0.25, 0.3) is 0 Å². The number of rotatable bonds is 5. The van der Waals surface area contributed by atoms with Crippen molar-refractivity contribution in [3.05, 3.63) is 29.3 Å². The molecule has 2 heteroatoms. The first kappa shape index (κ1) is 12.6. The first-order valence-electron chi connectivity index (χ1n) is 5.46. The van der Waals surface area contributed by atoms with E-state index in [0.717, 1.165) is 12.3 Å². The van der Waals surface area contributed by atoms with Crippen LogP contribution in [0.3, 0.4) is 0 Å². The quantitative estimate of drug-likeness (QED) is 0.701. The lowest BCUT2D eigenvalue weighted by atomic mass is 10.1. The van der Waals surface area contributed by atoms with E-state index in [9.17, 15) is 0 Å². The number of nitrogens with zero attached hydrogens (tertiary/aromatic N) is 1. The van der Waals surface area contributed by atoms with Gasteiger partial charge in [0, 0.05) is 6.54 Å². The molecule has 0 radical (unpaired) electrons. The number of ether oxygens (including phenoxy) is 1. The molecule has 0 heterocycles. The number of likely N-dealkylation sites (N-methyl/N-ethyl adjacent to an activating group) is 1. The van der Waals surface area contributed by atoms with Crippen LogP contribution in [0.1, 0.15) is 11.1 Å². The van der Waals surface area contributed by atoms with Gasteiger partial charge in [-0.1, -0.05) is 24.1 Å². The summed E-state index contributed by atoms with van der Waals surface area (Å²) in [6.07, 6.45) is 5.23. The minimum atomic E-state index is 0.663. The van der Waals surface area contributed by atoms with E-state index in [1.807, 2.05) is 13.1 Å². The van der Waals surface area contributed by atoms with Gasteiger partial charge in [0.05, 0.1) is 6.54 Å². The number of para-hydroxylation sites is 1. The summed E-state index contributed by atoms with van der Waals surface area (Å²) < 4.78 is 5.77. The van der Waals surface area contributed by atoms with Crippen LogP contribution in [0.5, 0.6) is 5.75 Å². The highest BCUT2D eigenvalue weighted by atomic mass is 16.5. The van der Waals surface area contributed by atoms with Crippen molar-refractivity contribution in [2.75, 3.05) is 26.7 Å². The molecule has 0 unspecified atom stereocenters. The van der Waals surface area contributed by atoms with Gasteiger partial charge in [0.25, 0.3) is 0 Å². The second-order valence-electron chi connectivity index (χ2n) is 4.01.